The summed E-state index contributed by atoms with van der Waals surface area (Å²) in [5.74, 6) is 0.114. The second-order valence-electron chi connectivity index (χ2n) is 2.68. The Morgan fingerprint density at radius 2 is 2.17 bits per heavy atom. The highest BCUT2D eigenvalue weighted by atomic mass is 19.1. The molecule has 2 heteroatoms. The van der Waals surface area contributed by atoms with Gasteiger partial charge in [0, 0.05) is 0 Å². The fourth-order valence-corrected chi connectivity index (χ4v) is 1.18. The minimum absolute atomic E-state index is 0.221. The molecular formula is C10H13FO. The molecule has 1 rings (SSSR count). The molecule has 0 spiro atoms. The summed E-state index contributed by atoms with van der Waals surface area (Å²) in [4.78, 5) is 0. The van der Waals surface area contributed by atoms with E-state index in [0.29, 0.717) is 5.75 Å². The topological polar surface area (TPSA) is 9.23 Å². The van der Waals surface area contributed by atoms with Crippen LogP contribution in [0.25, 0.3) is 0 Å². The Kier molecular flexibility index (Phi) is 3.09. The number of benzene rings is 1. The lowest BCUT2D eigenvalue weighted by atomic mass is 10.1. The van der Waals surface area contributed by atoms with Crippen molar-refractivity contribution in [2.45, 2.75) is 19.8 Å². The standard InChI is InChI=1S/C10H13FO/c1-3-5-8-6-4-7-9(12-2)10(8)11/h4,6-7H,3,5H2,1-2H3. The summed E-state index contributed by atoms with van der Waals surface area (Å²) >= 11 is 0. The number of hydrogen-bond donors (Lipinski definition) is 0. The molecule has 0 bridgehead atoms. The largest absolute Gasteiger partial charge is 0.494 e. The second-order valence-corrected chi connectivity index (χ2v) is 2.68. The SMILES string of the molecule is CCCc1cccc(OC)c1F. The van der Waals surface area contributed by atoms with Crippen LogP contribution in [0.1, 0.15) is 18.9 Å². The molecule has 0 unspecified atom stereocenters. The third kappa shape index (κ3) is 1.76. The Morgan fingerprint density at radius 1 is 1.42 bits per heavy atom. The fourth-order valence-electron chi connectivity index (χ4n) is 1.18. The molecule has 12 heavy (non-hydrogen) atoms. The van der Waals surface area contributed by atoms with Crippen molar-refractivity contribution in [3.63, 3.8) is 0 Å². The molecule has 0 aliphatic heterocycles. The van der Waals surface area contributed by atoms with Crippen LogP contribution < -0.4 is 4.74 Å². The van der Waals surface area contributed by atoms with E-state index in [4.69, 9.17) is 4.74 Å². The van der Waals surface area contributed by atoms with Gasteiger partial charge in [0.15, 0.2) is 11.6 Å². The van der Waals surface area contributed by atoms with Crippen LogP contribution in [0.15, 0.2) is 18.2 Å². The van der Waals surface area contributed by atoms with Crippen LogP contribution in [-0.4, -0.2) is 7.11 Å². The van der Waals surface area contributed by atoms with Crippen LogP contribution in [0, 0.1) is 5.82 Å². The monoisotopic (exact) mass is 168 g/mol. The van der Waals surface area contributed by atoms with Crippen molar-refractivity contribution in [2.24, 2.45) is 0 Å². The summed E-state index contributed by atoms with van der Waals surface area (Å²) in [6, 6.07) is 5.24. The molecule has 0 saturated heterocycles. The lowest BCUT2D eigenvalue weighted by molar-refractivity contribution is 0.384. The van der Waals surface area contributed by atoms with E-state index in [-0.39, 0.29) is 5.82 Å². The maximum absolute atomic E-state index is 13.3. The van der Waals surface area contributed by atoms with Gasteiger partial charge in [-0.25, -0.2) is 4.39 Å². The molecule has 0 amide bonds. The van der Waals surface area contributed by atoms with Gasteiger partial charge in [0.05, 0.1) is 7.11 Å². The molecule has 1 nitrogen and oxygen atoms in total. The first kappa shape index (κ1) is 9.04. The van der Waals surface area contributed by atoms with E-state index in [1.165, 1.54) is 7.11 Å². The number of hydrogen-bond acceptors (Lipinski definition) is 1. The molecule has 1 aromatic carbocycles. The number of ether oxygens (including phenoxy) is 1. The molecule has 0 radical (unpaired) electrons. The van der Waals surface area contributed by atoms with Crippen LogP contribution in [0.2, 0.25) is 0 Å². The molecule has 0 heterocycles. The summed E-state index contributed by atoms with van der Waals surface area (Å²) < 4.78 is 18.2. The molecule has 0 aliphatic carbocycles. The normalized spacial score (nSPS) is 9.92. The van der Waals surface area contributed by atoms with Crippen molar-refractivity contribution >= 4 is 0 Å². The Morgan fingerprint density at radius 3 is 2.75 bits per heavy atom. The van der Waals surface area contributed by atoms with Gasteiger partial charge in [-0.3, -0.25) is 0 Å². The van der Waals surface area contributed by atoms with E-state index in [1.807, 2.05) is 13.0 Å². The van der Waals surface area contributed by atoms with Gasteiger partial charge in [-0.1, -0.05) is 25.5 Å². The summed E-state index contributed by atoms with van der Waals surface area (Å²) in [6.45, 7) is 2.03. The van der Waals surface area contributed by atoms with E-state index >= 15 is 0 Å². The van der Waals surface area contributed by atoms with Crippen LogP contribution >= 0.6 is 0 Å². The third-order valence-electron chi connectivity index (χ3n) is 1.78. The van der Waals surface area contributed by atoms with Crippen molar-refractivity contribution in [3.8, 4) is 5.75 Å². The van der Waals surface area contributed by atoms with Crippen LogP contribution in [0.3, 0.4) is 0 Å². The van der Waals surface area contributed by atoms with Crippen LogP contribution in [0.5, 0.6) is 5.75 Å². The predicted molar refractivity (Wildman–Crippen MR) is 46.9 cm³/mol. The molecule has 0 saturated carbocycles. The molecule has 0 atom stereocenters. The Balaban J connectivity index is 2.97. The first-order valence-electron chi connectivity index (χ1n) is 4.11. The minimum atomic E-state index is -0.221. The minimum Gasteiger partial charge on any atom is -0.494 e. The number of methoxy groups -OCH3 is 1. The zero-order valence-electron chi connectivity index (χ0n) is 7.43. The van der Waals surface area contributed by atoms with Crippen molar-refractivity contribution in [1.82, 2.24) is 0 Å². The van der Waals surface area contributed by atoms with Crippen LogP contribution in [-0.2, 0) is 6.42 Å². The van der Waals surface area contributed by atoms with Crippen LogP contribution in [0.4, 0.5) is 4.39 Å². The van der Waals surface area contributed by atoms with Gasteiger partial charge in [-0.2, -0.15) is 0 Å². The molecule has 1 aromatic rings. The number of rotatable bonds is 3. The van der Waals surface area contributed by atoms with Gasteiger partial charge < -0.3 is 4.74 Å². The van der Waals surface area contributed by atoms with E-state index in [1.54, 1.807) is 12.1 Å². The first-order valence-corrected chi connectivity index (χ1v) is 4.11. The number of halogens is 1. The zero-order valence-corrected chi connectivity index (χ0v) is 7.43. The highest BCUT2D eigenvalue weighted by molar-refractivity contribution is 5.30. The molecule has 66 valence electrons. The summed E-state index contributed by atoms with van der Waals surface area (Å²) in [5.41, 5.74) is 0.733. The summed E-state index contributed by atoms with van der Waals surface area (Å²) in [5, 5.41) is 0. The van der Waals surface area contributed by atoms with Gasteiger partial charge >= 0.3 is 0 Å². The van der Waals surface area contributed by atoms with Gasteiger partial charge in [-0.05, 0) is 18.1 Å². The zero-order chi connectivity index (χ0) is 8.97. The second kappa shape index (κ2) is 4.10. The first-order chi connectivity index (χ1) is 5.79. The average molecular weight is 168 g/mol. The van der Waals surface area contributed by atoms with E-state index < -0.39 is 0 Å². The fraction of sp³-hybridized carbons (Fsp3) is 0.400. The summed E-state index contributed by atoms with van der Waals surface area (Å²) in [7, 11) is 1.48. The molecule has 0 fully saturated rings. The molecule has 0 N–H and O–H groups in total. The van der Waals surface area contributed by atoms with E-state index in [0.717, 1.165) is 18.4 Å². The van der Waals surface area contributed by atoms with Gasteiger partial charge in [0.2, 0.25) is 0 Å². The van der Waals surface area contributed by atoms with Gasteiger partial charge in [0.25, 0.3) is 0 Å². The highest BCUT2D eigenvalue weighted by Gasteiger charge is 2.06. The van der Waals surface area contributed by atoms with Gasteiger partial charge in [0.1, 0.15) is 0 Å². The summed E-state index contributed by atoms with van der Waals surface area (Å²) in [6.07, 6.45) is 1.72. The van der Waals surface area contributed by atoms with Crippen molar-refractivity contribution < 1.29 is 9.13 Å². The van der Waals surface area contributed by atoms with Gasteiger partial charge in [-0.15, -0.1) is 0 Å². The average Bonchev–Trinajstić information content (AvgIpc) is 2.09. The lowest BCUT2D eigenvalue weighted by Crippen LogP contribution is -1.93. The van der Waals surface area contributed by atoms with E-state index in [2.05, 4.69) is 0 Å². The third-order valence-corrected chi connectivity index (χ3v) is 1.78. The lowest BCUT2D eigenvalue weighted by Gasteiger charge is -2.05. The molecule has 0 aliphatic rings. The van der Waals surface area contributed by atoms with Crippen molar-refractivity contribution in [2.75, 3.05) is 7.11 Å². The molecule has 0 aromatic heterocycles. The van der Waals surface area contributed by atoms with Crippen molar-refractivity contribution in [1.29, 1.82) is 0 Å². The Hall–Kier alpha value is -1.05. The Labute approximate surface area is 72.2 Å². The maximum Gasteiger partial charge on any atom is 0.168 e. The van der Waals surface area contributed by atoms with E-state index in [9.17, 15) is 4.39 Å². The number of aryl methyl sites for hydroxylation is 1. The Bertz CT molecular complexity index is 258. The predicted octanol–water partition coefficient (Wildman–Crippen LogP) is 2.79. The highest BCUT2D eigenvalue weighted by Crippen LogP contribution is 2.20. The smallest absolute Gasteiger partial charge is 0.168 e. The van der Waals surface area contributed by atoms with Crippen molar-refractivity contribution in [3.05, 3.63) is 29.6 Å². The maximum atomic E-state index is 13.3. The quantitative estimate of drug-likeness (QED) is 0.674. The molecular weight excluding hydrogens is 155 g/mol.